The van der Waals surface area contributed by atoms with Gasteiger partial charge < -0.3 is 10.5 Å². The van der Waals surface area contributed by atoms with Gasteiger partial charge in [-0.3, -0.25) is 0 Å². The number of rotatable bonds is 5. The van der Waals surface area contributed by atoms with Gasteiger partial charge in [0.15, 0.2) is 0 Å². The van der Waals surface area contributed by atoms with Gasteiger partial charge in [-0.2, -0.15) is 0 Å². The van der Waals surface area contributed by atoms with Crippen molar-refractivity contribution in [3.05, 3.63) is 24.3 Å². The number of benzene rings is 1. The quantitative estimate of drug-likeness (QED) is 0.760. The highest BCUT2D eigenvalue weighted by Crippen LogP contribution is 2.21. The number of ether oxygens (including phenoxy) is 1. The van der Waals surface area contributed by atoms with Crippen molar-refractivity contribution in [2.75, 3.05) is 12.9 Å². The van der Waals surface area contributed by atoms with E-state index in [2.05, 4.69) is 12.1 Å². The summed E-state index contributed by atoms with van der Waals surface area (Å²) in [5.41, 5.74) is 5.67. The lowest BCUT2D eigenvalue weighted by Crippen LogP contribution is -2.15. The van der Waals surface area contributed by atoms with Crippen LogP contribution in [0.2, 0.25) is 0 Å². The first kappa shape index (κ1) is 11.4. The number of methoxy groups -OCH3 is 1. The molecule has 0 aliphatic carbocycles. The molecule has 0 aliphatic heterocycles. The summed E-state index contributed by atoms with van der Waals surface area (Å²) >= 11 is 1.83. The molecule has 2 nitrogen and oxygen atoms in total. The van der Waals surface area contributed by atoms with E-state index in [1.54, 1.807) is 7.11 Å². The van der Waals surface area contributed by atoms with Crippen molar-refractivity contribution >= 4 is 11.8 Å². The predicted octanol–water partition coefficient (Wildman–Crippen LogP) is 2.52. The van der Waals surface area contributed by atoms with E-state index in [4.69, 9.17) is 10.5 Å². The lowest BCUT2D eigenvalue weighted by atomic mass is 10.3. The Morgan fingerprint density at radius 1 is 1.36 bits per heavy atom. The number of nitrogens with two attached hydrogens (primary N) is 1. The van der Waals surface area contributed by atoms with Gasteiger partial charge in [-0.15, -0.1) is 11.8 Å². The first-order valence-electron chi connectivity index (χ1n) is 4.75. The van der Waals surface area contributed by atoms with Crippen LogP contribution in [0, 0.1) is 0 Å². The van der Waals surface area contributed by atoms with E-state index in [-0.39, 0.29) is 0 Å². The molecule has 1 aromatic rings. The van der Waals surface area contributed by atoms with Gasteiger partial charge in [0.05, 0.1) is 7.11 Å². The zero-order valence-corrected chi connectivity index (χ0v) is 9.51. The zero-order valence-electron chi connectivity index (χ0n) is 8.69. The van der Waals surface area contributed by atoms with Gasteiger partial charge in [-0.1, -0.05) is 0 Å². The van der Waals surface area contributed by atoms with E-state index in [9.17, 15) is 0 Å². The highest BCUT2D eigenvalue weighted by molar-refractivity contribution is 7.99. The minimum atomic E-state index is 0.292. The maximum absolute atomic E-state index is 5.67. The van der Waals surface area contributed by atoms with Crippen molar-refractivity contribution in [1.82, 2.24) is 0 Å². The van der Waals surface area contributed by atoms with Crippen LogP contribution in [0.1, 0.15) is 13.3 Å². The van der Waals surface area contributed by atoms with Crippen molar-refractivity contribution in [2.24, 2.45) is 5.73 Å². The molecule has 1 rings (SSSR count). The molecule has 1 atom stereocenters. The smallest absolute Gasteiger partial charge is 0.118 e. The molecule has 0 spiro atoms. The largest absolute Gasteiger partial charge is 0.497 e. The molecule has 0 saturated heterocycles. The van der Waals surface area contributed by atoms with E-state index < -0.39 is 0 Å². The lowest BCUT2D eigenvalue weighted by molar-refractivity contribution is 0.414. The number of hydrogen-bond donors (Lipinski definition) is 1. The van der Waals surface area contributed by atoms with Crippen LogP contribution in [0.15, 0.2) is 29.2 Å². The Balaban J connectivity index is 2.36. The Bertz CT molecular complexity index is 258. The fraction of sp³-hybridized carbons (Fsp3) is 0.455. The van der Waals surface area contributed by atoms with Crippen molar-refractivity contribution in [3.8, 4) is 5.75 Å². The summed E-state index contributed by atoms with van der Waals surface area (Å²) in [5, 5.41) is 0. The van der Waals surface area contributed by atoms with Crippen molar-refractivity contribution in [2.45, 2.75) is 24.3 Å². The third-order valence-electron chi connectivity index (χ3n) is 1.90. The van der Waals surface area contributed by atoms with Crippen LogP contribution in [0.4, 0.5) is 0 Å². The summed E-state index contributed by atoms with van der Waals surface area (Å²) in [6.07, 6.45) is 1.05. The van der Waals surface area contributed by atoms with Gasteiger partial charge in [0.2, 0.25) is 0 Å². The monoisotopic (exact) mass is 211 g/mol. The Morgan fingerprint density at radius 3 is 2.50 bits per heavy atom. The van der Waals surface area contributed by atoms with Gasteiger partial charge in [0, 0.05) is 10.9 Å². The predicted molar refractivity (Wildman–Crippen MR) is 62.0 cm³/mol. The van der Waals surface area contributed by atoms with E-state index in [0.29, 0.717) is 6.04 Å². The Labute approximate surface area is 89.8 Å². The van der Waals surface area contributed by atoms with Gasteiger partial charge >= 0.3 is 0 Å². The van der Waals surface area contributed by atoms with E-state index in [1.807, 2.05) is 30.8 Å². The van der Waals surface area contributed by atoms with Crippen LogP contribution in [0.3, 0.4) is 0 Å². The second-order valence-electron chi connectivity index (χ2n) is 3.29. The average Bonchev–Trinajstić information content (AvgIpc) is 2.18. The first-order valence-corrected chi connectivity index (χ1v) is 5.73. The number of hydrogen-bond acceptors (Lipinski definition) is 3. The Morgan fingerprint density at radius 2 is 2.00 bits per heavy atom. The molecule has 0 bridgehead atoms. The maximum atomic E-state index is 5.67. The molecule has 0 fully saturated rings. The SMILES string of the molecule is COc1ccc(SCCC(C)N)cc1. The molecule has 3 heteroatoms. The highest BCUT2D eigenvalue weighted by atomic mass is 32.2. The van der Waals surface area contributed by atoms with E-state index >= 15 is 0 Å². The Kier molecular flexibility index (Phi) is 4.84. The molecule has 0 saturated carbocycles. The summed E-state index contributed by atoms with van der Waals surface area (Å²) in [6, 6.07) is 8.40. The molecular weight excluding hydrogens is 194 g/mol. The second-order valence-corrected chi connectivity index (χ2v) is 4.46. The standard InChI is InChI=1S/C11H17NOS/c1-9(12)7-8-14-11-5-3-10(13-2)4-6-11/h3-6,9H,7-8,12H2,1-2H3. The molecule has 14 heavy (non-hydrogen) atoms. The van der Waals surface area contributed by atoms with E-state index in [1.165, 1.54) is 4.90 Å². The minimum absolute atomic E-state index is 0.292. The molecule has 0 amide bonds. The van der Waals surface area contributed by atoms with E-state index in [0.717, 1.165) is 17.9 Å². The molecule has 78 valence electrons. The average molecular weight is 211 g/mol. The third-order valence-corrected chi connectivity index (χ3v) is 2.95. The van der Waals surface area contributed by atoms with Gasteiger partial charge in [-0.05, 0) is 43.4 Å². The summed E-state index contributed by atoms with van der Waals surface area (Å²) < 4.78 is 5.08. The lowest BCUT2D eigenvalue weighted by Gasteiger charge is -2.05. The zero-order chi connectivity index (χ0) is 10.4. The highest BCUT2D eigenvalue weighted by Gasteiger charge is 1.97. The van der Waals surface area contributed by atoms with Crippen molar-refractivity contribution in [3.63, 3.8) is 0 Å². The van der Waals surface area contributed by atoms with Crippen LogP contribution in [0.25, 0.3) is 0 Å². The molecule has 1 unspecified atom stereocenters. The van der Waals surface area contributed by atoms with Gasteiger partial charge in [0.25, 0.3) is 0 Å². The van der Waals surface area contributed by atoms with Crippen LogP contribution in [0.5, 0.6) is 5.75 Å². The van der Waals surface area contributed by atoms with Gasteiger partial charge in [-0.25, -0.2) is 0 Å². The summed E-state index contributed by atoms with van der Waals surface area (Å²) in [5.74, 6) is 1.98. The van der Waals surface area contributed by atoms with Crippen molar-refractivity contribution in [1.29, 1.82) is 0 Å². The van der Waals surface area contributed by atoms with Crippen LogP contribution in [-0.2, 0) is 0 Å². The first-order chi connectivity index (χ1) is 6.72. The summed E-state index contributed by atoms with van der Waals surface area (Å²) in [6.45, 7) is 2.04. The molecule has 2 N–H and O–H groups in total. The van der Waals surface area contributed by atoms with Gasteiger partial charge in [0.1, 0.15) is 5.75 Å². The molecule has 0 heterocycles. The van der Waals surface area contributed by atoms with Crippen LogP contribution >= 0.6 is 11.8 Å². The molecular formula is C11H17NOS. The fourth-order valence-corrected chi connectivity index (χ4v) is 2.09. The third kappa shape index (κ3) is 4.03. The van der Waals surface area contributed by atoms with Crippen LogP contribution < -0.4 is 10.5 Å². The number of thioether (sulfide) groups is 1. The molecule has 1 aromatic carbocycles. The van der Waals surface area contributed by atoms with Crippen molar-refractivity contribution < 1.29 is 4.74 Å². The normalized spacial score (nSPS) is 12.5. The molecule has 0 radical (unpaired) electrons. The van der Waals surface area contributed by atoms with Crippen LogP contribution in [-0.4, -0.2) is 18.9 Å². The fourth-order valence-electron chi connectivity index (χ4n) is 1.03. The maximum Gasteiger partial charge on any atom is 0.118 e. The summed E-state index contributed by atoms with van der Waals surface area (Å²) in [7, 11) is 1.68. The minimum Gasteiger partial charge on any atom is -0.497 e. The summed E-state index contributed by atoms with van der Waals surface area (Å²) in [4.78, 5) is 1.27. The Hall–Kier alpha value is -0.670. The second kappa shape index (κ2) is 5.94. The molecule has 0 aromatic heterocycles. The topological polar surface area (TPSA) is 35.2 Å². The molecule has 0 aliphatic rings.